The Kier molecular flexibility index (Phi) is 4.86. The third-order valence-corrected chi connectivity index (χ3v) is 5.35. The molecule has 26 heavy (non-hydrogen) atoms. The highest BCUT2D eigenvalue weighted by Gasteiger charge is 2.26. The third-order valence-electron chi connectivity index (χ3n) is 5.35. The minimum atomic E-state index is 0.310. The zero-order chi connectivity index (χ0) is 17.9. The predicted molar refractivity (Wildman–Crippen MR) is 97.7 cm³/mol. The number of nitrogens with zero attached hydrogens (tertiary/aromatic N) is 5. The van der Waals surface area contributed by atoms with Crippen molar-refractivity contribution < 1.29 is 9.32 Å². The summed E-state index contributed by atoms with van der Waals surface area (Å²) in [6.45, 7) is 4.60. The van der Waals surface area contributed by atoms with Crippen LogP contribution in [-0.2, 0) is 4.79 Å². The summed E-state index contributed by atoms with van der Waals surface area (Å²) in [6.07, 6.45) is 8.13. The second kappa shape index (κ2) is 7.43. The Balaban J connectivity index is 1.44. The van der Waals surface area contributed by atoms with Crippen LogP contribution >= 0.6 is 0 Å². The number of pyridine rings is 1. The highest BCUT2D eigenvalue weighted by molar-refractivity contribution is 5.78. The molecule has 0 spiro atoms. The minimum absolute atomic E-state index is 0.310. The van der Waals surface area contributed by atoms with E-state index in [-0.39, 0.29) is 0 Å². The molecule has 2 saturated heterocycles. The molecular weight excluding hydrogens is 330 g/mol. The van der Waals surface area contributed by atoms with Gasteiger partial charge >= 0.3 is 0 Å². The van der Waals surface area contributed by atoms with Gasteiger partial charge in [-0.25, -0.2) is 4.98 Å². The predicted octanol–water partition coefficient (Wildman–Crippen LogP) is 2.81. The van der Waals surface area contributed by atoms with Crippen LogP contribution < -0.4 is 4.90 Å². The lowest BCUT2D eigenvalue weighted by Gasteiger charge is -2.37. The lowest BCUT2D eigenvalue weighted by Crippen LogP contribution is -2.42. The fourth-order valence-electron chi connectivity index (χ4n) is 3.94. The number of amides is 1. The van der Waals surface area contributed by atoms with Crippen LogP contribution in [0.15, 0.2) is 22.9 Å². The summed E-state index contributed by atoms with van der Waals surface area (Å²) in [5.41, 5.74) is 0.838. The van der Waals surface area contributed by atoms with Crippen LogP contribution in [0.4, 0.5) is 5.82 Å². The average molecular weight is 355 g/mol. The van der Waals surface area contributed by atoms with Crippen LogP contribution in [0.25, 0.3) is 11.5 Å². The van der Waals surface area contributed by atoms with Gasteiger partial charge in [-0.1, -0.05) is 5.16 Å². The maximum Gasteiger partial charge on any atom is 0.259 e. The molecule has 1 atom stereocenters. The van der Waals surface area contributed by atoms with Crippen LogP contribution in [0.2, 0.25) is 0 Å². The van der Waals surface area contributed by atoms with Crippen molar-refractivity contribution in [2.45, 2.75) is 51.5 Å². The Morgan fingerprint density at radius 3 is 2.85 bits per heavy atom. The molecule has 0 N–H and O–H groups in total. The van der Waals surface area contributed by atoms with E-state index in [1.165, 1.54) is 12.8 Å². The number of aromatic nitrogens is 3. The summed E-state index contributed by atoms with van der Waals surface area (Å²) in [6, 6.07) is 4.47. The molecule has 4 rings (SSSR count). The van der Waals surface area contributed by atoms with Gasteiger partial charge in [0.25, 0.3) is 5.89 Å². The molecule has 0 radical (unpaired) electrons. The molecular formula is C19H25N5O2. The van der Waals surface area contributed by atoms with Gasteiger partial charge < -0.3 is 14.3 Å². The Morgan fingerprint density at radius 2 is 2.15 bits per heavy atom. The highest BCUT2D eigenvalue weighted by Crippen LogP contribution is 2.27. The molecule has 0 aromatic carbocycles. The molecule has 7 heteroatoms. The molecule has 0 bridgehead atoms. The molecule has 1 amide bonds. The van der Waals surface area contributed by atoms with E-state index in [0.717, 1.165) is 50.3 Å². The van der Waals surface area contributed by atoms with Gasteiger partial charge in [-0.3, -0.25) is 4.79 Å². The Hall–Kier alpha value is -2.44. The van der Waals surface area contributed by atoms with Gasteiger partial charge in [0.1, 0.15) is 5.82 Å². The molecule has 0 aliphatic carbocycles. The summed E-state index contributed by atoms with van der Waals surface area (Å²) in [7, 11) is 0. The number of piperidine rings is 1. The number of carbonyl (C=O) groups is 1. The molecule has 0 unspecified atom stereocenters. The summed E-state index contributed by atoms with van der Waals surface area (Å²) in [4.78, 5) is 25.2. The number of anilines is 1. The van der Waals surface area contributed by atoms with Crippen LogP contribution in [0.1, 0.15) is 44.3 Å². The van der Waals surface area contributed by atoms with Gasteiger partial charge in [0, 0.05) is 38.3 Å². The number of hydrogen-bond acceptors (Lipinski definition) is 6. The van der Waals surface area contributed by atoms with E-state index in [9.17, 15) is 4.79 Å². The van der Waals surface area contributed by atoms with E-state index in [1.807, 2.05) is 17.0 Å². The van der Waals surface area contributed by atoms with Gasteiger partial charge in [-0.2, -0.15) is 4.98 Å². The number of hydrogen-bond donors (Lipinski definition) is 0. The fraction of sp³-hybridized carbons (Fsp3) is 0.579. The largest absolute Gasteiger partial charge is 0.354 e. The van der Waals surface area contributed by atoms with Gasteiger partial charge in [-0.15, -0.1) is 0 Å². The summed E-state index contributed by atoms with van der Waals surface area (Å²) in [5, 5.41) is 3.83. The van der Waals surface area contributed by atoms with Crippen molar-refractivity contribution in [1.82, 2.24) is 20.0 Å². The van der Waals surface area contributed by atoms with E-state index in [2.05, 4.69) is 20.0 Å². The van der Waals surface area contributed by atoms with Crippen LogP contribution in [0, 0.1) is 6.92 Å². The molecule has 138 valence electrons. The Bertz CT molecular complexity index is 758. The van der Waals surface area contributed by atoms with Crippen molar-refractivity contribution in [3.8, 4) is 11.5 Å². The summed E-state index contributed by atoms with van der Waals surface area (Å²) >= 11 is 0. The minimum Gasteiger partial charge on any atom is -0.354 e. The first kappa shape index (κ1) is 17.0. The standard InChI is InChI=1S/C19H25N5O2/c1-14-21-19(26-22-14)15-7-8-17(20-13-15)24-11-3-2-5-16(24)9-12-23-10-4-6-18(23)25/h7-8,13,16H,2-6,9-12H2,1H3/t16-/m0/s1. The molecule has 7 nitrogen and oxygen atoms in total. The van der Waals surface area contributed by atoms with E-state index in [1.54, 1.807) is 13.1 Å². The monoisotopic (exact) mass is 355 g/mol. The maximum absolute atomic E-state index is 11.9. The first-order chi connectivity index (χ1) is 12.7. The van der Waals surface area contributed by atoms with E-state index in [4.69, 9.17) is 4.52 Å². The van der Waals surface area contributed by atoms with E-state index in [0.29, 0.717) is 30.1 Å². The van der Waals surface area contributed by atoms with E-state index < -0.39 is 0 Å². The van der Waals surface area contributed by atoms with Gasteiger partial charge in [-0.05, 0) is 51.2 Å². The number of likely N-dealkylation sites (tertiary alicyclic amines) is 1. The molecule has 4 heterocycles. The Labute approximate surface area is 153 Å². The van der Waals surface area contributed by atoms with Crippen LogP contribution in [0.5, 0.6) is 0 Å². The van der Waals surface area contributed by atoms with Crippen molar-refractivity contribution in [2.24, 2.45) is 0 Å². The number of carbonyl (C=O) groups excluding carboxylic acids is 1. The maximum atomic E-state index is 11.9. The molecule has 0 saturated carbocycles. The van der Waals surface area contributed by atoms with Gasteiger partial charge in [0.15, 0.2) is 5.82 Å². The molecule has 2 aromatic rings. The first-order valence-corrected chi connectivity index (χ1v) is 9.52. The lowest BCUT2D eigenvalue weighted by atomic mass is 9.99. The zero-order valence-corrected chi connectivity index (χ0v) is 15.2. The smallest absolute Gasteiger partial charge is 0.259 e. The molecule has 2 fully saturated rings. The second-order valence-electron chi connectivity index (χ2n) is 7.17. The van der Waals surface area contributed by atoms with E-state index >= 15 is 0 Å². The number of rotatable bonds is 5. The zero-order valence-electron chi connectivity index (χ0n) is 15.2. The van der Waals surface area contributed by atoms with Crippen molar-refractivity contribution >= 4 is 11.7 Å². The van der Waals surface area contributed by atoms with Crippen molar-refractivity contribution in [1.29, 1.82) is 0 Å². The van der Waals surface area contributed by atoms with Gasteiger partial charge in [0.05, 0.1) is 5.56 Å². The Morgan fingerprint density at radius 1 is 1.23 bits per heavy atom. The summed E-state index contributed by atoms with van der Waals surface area (Å²) in [5.74, 6) is 2.42. The van der Waals surface area contributed by atoms with Crippen LogP contribution in [0.3, 0.4) is 0 Å². The average Bonchev–Trinajstić information content (AvgIpc) is 3.29. The topological polar surface area (TPSA) is 75.4 Å². The molecule has 2 aliphatic rings. The molecule has 2 aliphatic heterocycles. The van der Waals surface area contributed by atoms with Crippen LogP contribution in [-0.4, -0.2) is 51.6 Å². The number of aryl methyl sites for hydroxylation is 1. The summed E-state index contributed by atoms with van der Waals surface area (Å²) < 4.78 is 5.21. The fourth-order valence-corrected chi connectivity index (χ4v) is 3.94. The van der Waals surface area contributed by atoms with Crippen molar-refractivity contribution in [3.63, 3.8) is 0 Å². The second-order valence-corrected chi connectivity index (χ2v) is 7.17. The van der Waals surface area contributed by atoms with Crippen molar-refractivity contribution in [3.05, 3.63) is 24.2 Å². The van der Waals surface area contributed by atoms with Crippen molar-refractivity contribution in [2.75, 3.05) is 24.5 Å². The quantitative estimate of drug-likeness (QED) is 0.821. The van der Waals surface area contributed by atoms with Gasteiger partial charge in [0.2, 0.25) is 5.91 Å². The molecule has 2 aromatic heterocycles. The first-order valence-electron chi connectivity index (χ1n) is 9.52. The SMILES string of the molecule is Cc1noc(-c2ccc(N3CCCC[C@H]3CCN3CCCC3=O)nc2)n1. The highest BCUT2D eigenvalue weighted by atomic mass is 16.5. The third kappa shape index (κ3) is 3.57. The normalized spacial score (nSPS) is 20.8. The lowest BCUT2D eigenvalue weighted by molar-refractivity contribution is -0.127.